The highest BCUT2D eigenvalue weighted by Gasteiger charge is 2.42. The van der Waals surface area contributed by atoms with Gasteiger partial charge in [-0.1, -0.05) is 129 Å². The van der Waals surface area contributed by atoms with Crippen LogP contribution in [-0.2, 0) is 5.41 Å². The molecule has 7 aromatic carbocycles. The van der Waals surface area contributed by atoms with E-state index >= 15 is 0 Å². The van der Waals surface area contributed by atoms with Gasteiger partial charge in [0.15, 0.2) is 11.5 Å². The van der Waals surface area contributed by atoms with Crippen molar-refractivity contribution in [3.05, 3.63) is 180 Å². The molecule has 2 aliphatic rings. The molecule has 0 unspecified atom stereocenters. The number of hydrogen-bond donors (Lipinski definition) is 0. The van der Waals surface area contributed by atoms with Crippen molar-refractivity contribution < 1.29 is 4.74 Å². The molecule has 0 amide bonds. The molecule has 0 radical (unpaired) electrons. The highest BCUT2D eigenvalue weighted by molar-refractivity contribution is 5.98. The van der Waals surface area contributed by atoms with Crippen LogP contribution >= 0.6 is 0 Å². The minimum atomic E-state index is -0.175. The Labute approximate surface area is 288 Å². The fourth-order valence-electron chi connectivity index (χ4n) is 7.68. The molecule has 0 fully saturated rings. The standard InChI is InChI=1S/C46H36N2O/c1-31-13-12-20-42-43(31)48-41-19-11-10-18-39(41)46(2,3)40-30-29-38(45(49-42)44(40)48)34-23-21-32(22-24-34)33-25-27-37(28-26-33)47(35-14-6-4-7-15-35)36-16-8-5-9-17-36/h4-30H,1-3H3. The Morgan fingerprint density at radius 1 is 0.490 bits per heavy atom. The van der Waals surface area contributed by atoms with Crippen LogP contribution in [0.15, 0.2) is 164 Å². The molecule has 2 heterocycles. The number of rotatable bonds is 5. The number of ether oxygens (including phenoxy) is 1. The van der Waals surface area contributed by atoms with Gasteiger partial charge in [0.05, 0.1) is 17.1 Å². The molecule has 2 aliphatic heterocycles. The maximum absolute atomic E-state index is 6.88. The van der Waals surface area contributed by atoms with Gasteiger partial charge in [-0.25, -0.2) is 0 Å². The molecule has 7 aromatic rings. The molecule has 0 bridgehead atoms. The summed E-state index contributed by atoms with van der Waals surface area (Å²) in [6, 6.07) is 58.5. The molecule has 0 N–H and O–H groups in total. The van der Waals surface area contributed by atoms with Crippen LogP contribution in [0.1, 0.15) is 30.5 Å². The van der Waals surface area contributed by atoms with Crippen LogP contribution in [0.2, 0.25) is 0 Å². The van der Waals surface area contributed by atoms with E-state index in [0.29, 0.717) is 0 Å². The molecule has 0 saturated carbocycles. The summed E-state index contributed by atoms with van der Waals surface area (Å²) in [6.45, 7) is 6.82. The topological polar surface area (TPSA) is 15.7 Å². The predicted molar refractivity (Wildman–Crippen MR) is 204 cm³/mol. The van der Waals surface area contributed by atoms with Crippen molar-refractivity contribution in [2.75, 3.05) is 9.80 Å². The highest BCUT2D eigenvalue weighted by atomic mass is 16.5. The summed E-state index contributed by atoms with van der Waals surface area (Å²) >= 11 is 0. The quantitative estimate of drug-likeness (QED) is 0.188. The van der Waals surface area contributed by atoms with E-state index in [9.17, 15) is 0 Å². The summed E-state index contributed by atoms with van der Waals surface area (Å²) in [6.07, 6.45) is 0. The number of aryl methyl sites for hydroxylation is 1. The van der Waals surface area contributed by atoms with Gasteiger partial charge in [0.2, 0.25) is 0 Å². The number of anilines is 6. The summed E-state index contributed by atoms with van der Waals surface area (Å²) in [4.78, 5) is 4.73. The van der Waals surface area contributed by atoms with E-state index in [4.69, 9.17) is 4.74 Å². The smallest absolute Gasteiger partial charge is 0.159 e. The maximum Gasteiger partial charge on any atom is 0.159 e. The fraction of sp³-hybridized carbons (Fsp3) is 0.0870. The number of hydrogen-bond acceptors (Lipinski definition) is 3. The summed E-state index contributed by atoms with van der Waals surface area (Å²) in [5.74, 6) is 1.80. The molecule has 9 rings (SSSR count). The van der Waals surface area contributed by atoms with Crippen LogP contribution < -0.4 is 14.5 Å². The zero-order chi connectivity index (χ0) is 33.1. The Balaban J connectivity index is 1.10. The number of benzene rings is 7. The van der Waals surface area contributed by atoms with Crippen LogP contribution in [0.4, 0.5) is 34.1 Å². The Bertz CT molecular complexity index is 2290. The van der Waals surface area contributed by atoms with Crippen molar-refractivity contribution >= 4 is 34.1 Å². The molecule has 0 aromatic heterocycles. The van der Waals surface area contributed by atoms with Crippen molar-refractivity contribution in [3.8, 4) is 33.8 Å². The summed E-state index contributed by atoms with van der Waals surface area (Å²) in [7, 11) is 0. The minimum Gasteiger partial charge on any atom is -0.452 e. The van der Waals surface area contributed by atoms with Gasteiger partial charge in [0.25, 0.3) is 0 Å². The van der Waals surface area contributed by atoms with E-state index in [1.807, 2.05) is 0 Å². The molecule has 0 atom stereocenters. The third-order valence-corrected chi connectivity index (χ3v) is 10.2. The first kappa shape index (κ1) is 29.1. The molecule has 3 nitrogen and oxygen atoms in total. The van der Waals surface area contributed by atoms with Gasteiger partial charge in [-0.15, -0.1) is 0 Å². The Morgan fingerprint density at radius 2 is 1.06 bits per heavy atom. The normalized spacial score (nSPS) is 13.5. The van der Waals surface area contributed by atoms with Gasteiger partial charge in [-0.2, -0.15) is 0 Å². The summed E-state index contributed by atoms with van der Waals surface area (Å²) < 4.78 is 6.88. The molecule has 3 heteroatoms. The molecule has 0 aliphatic carbocycles. The second-order valence-corrected chi connectivity index (χ2v) is 13.5. The van der Waals surface area contributed by atoms with E-state index in [2.05, 4.69) is 194 Å². The molecule has 0 saturated heterocycles. The largest absolute Gasteiger partial charge is 0.452 e. The Hall–Kier alpha value is -6.06. The summed E-state index contributed by atoms with van der Waals surface area (Å²) in [5.41, 5.74) is 15.0. The average molecular weight is 633 g/mol. The van der Waals surface area contributed by atoms with Crippen molar-refractivity contribution in [1.82, 2.24) is 0 Å². The lowest BCUT2D eigenvalue weighted by atomic mass is 9.72. The van der Waals surface area contributed by atoms with E-state index in [1.165, 1.54) is 33.5 Å². The van der Waals surface area contributed by atoms with E-state index < -0.39 is 0 Å². The van der Waals surface area contributed by atoms with Crippen LogP contribution in [0.5, 0.6) is 11.5 Å². The summed E-state index contributed by atoms with van der Waals surface area (Å²) in [5, 5.41) is 0. The lowest BCUT2D eigenvalue weighted by molar-refractivity contribution is 0.472. The number of nitrogens with zero attached hydrogens (tertiary/aromatic N) is 2. The maximum atomic E-state index is 6.88. The Kier molecular flexibility index (Phi) is 6.70. The third-order valence-electron chi connectivity index (χ3n) is 10.2. The molecule has 236 valence electrons. The second-order valence-electron chi connectivity index (χ2n) is 13.5. The first-order valence-electron chi connectivity index (χ1n) is 16.9. The van der Waals surface area contributed by atoms with Crippen LogP contribution in [0.25, 0.3) is 22.3 Å². The van der Waals surface area contributed by atoms with Crippen molar-refractivity contribution in [2.24, 2.45) is 0 Å². The lowest BCUT2D eigenvalue weighted by Gasteiger charge is -2.45. The first-order valence-corrected chi connectivity index (χ1v) is 16.9. The fourth-order valence-corrected chi connectivity index (χ4v) is 7.68. The molecule has 49 heavy (non-hydrogen) atoms. The van der Waals surface area contributed by atoms with Gasteiger partial charge in [-0.05, 0) is 88.8 Å². The Morgan fingerprint density at radius 3 is 1.73 bits per heavy atom. The number of para-hydroxylation sites is 4. The monoisotopic (exact) mass is 632 g/mol. The van der Waals surface area contributed by atoms with E-state index in [-0.39, 0.29) is 5.41 Å². The third kappa shape index (κ3) is 4.65. The van der Waals surface area contributed by atoms with E-state index in [1.54, 1.807) is 0 Å². The molecular weight excluding hydrogens is 597 g/mol. The van der Waals surface area contributed by atoms with Crippen LogP contribution in [0.3, 0.4) is 0 Å². The number of fused-ring (bicyclic) bond motifs is 4. The lowest BCUT2D eigenvalue weighted by Crippen LogP contribution is -2.32. The SMILES string of the molecule is Cc1cccc2c1N1c3ccccc3C(C)(C)c3ccc(-c4ccc(-c5ccc(N(c6ccccc6)c6ccccc6)cc5)cc4)c(c31)O2. The van der Waals surface area contributed by atoms with Gasteiger partial charge in [0.1, 0.15) is 0 Å². The van der Waals surface area contributed by atoms with Gasteiger partial charge in [0, 0.05) is 28.0 Å². The van der Waals surface area contributed by atoms with Crippen LogP contribution in [0, 0.1) is 6.92 Å². The average Bonchev–Trinajstić information content (AvgIpc) is 3.15. The van der Waals surface area contributed by atoms with Crippen molar-refractivity contribution in [3.63, 3.8) is 0 Å². The van der Waals surface area contributed by atoms with Gasteiger partial charge in [-0.3, -0.25) is 0 Å². The zero-order valence-electron chi connectivity index (χ0n) is 27.9. The van der Waals surface area contributed by atoms with Crippen molar-refractivity contribution in [1.29, 1.82) is 0 Å². The van der Waals surface area contributed by atoms with E-state index in [0.717, 1.165) is 51.1 Å². The highest BCUT2D eigenvalue weighted by Crippen LogP contribution is 2.62. The zero-order valence-corrected chi connectivity index (χ0v) is 27.9. The van der Waals surface area contributed by atoms with Gasteiger partial charge < -0.3 is 14.5 Å². The molecular formula is C46H36N2O. The molecule has 0 spiro atoms. The predicted octanol–water partition coefficient (Wildman–Crippen LogP) is 13.0. The van der Waals surface area contributed by atoms with Crippen molar-refractivity contribution in [2.45, 2.75) is 26.2 Å². The minimum absolute atomic E-state index is 0.175. The second kappa shape index (κ2) is 11.3. The first-order chi connectivity index (χ1) is 24.0. The van der Waals surface area contributed by atoms with Crippen LogP contribution in [-0.4, -0.2) is 0 Å². The van der Waals surface area contributed by atoms with Gasteiger partial charge >= 0.3 is 0 Å².